The Bertz CT molecular complexity index is 1130. The minimum Gasteiger partial charge on any atom is -0.481 e. The zero-order chi connectivity index (χ0) is 29.1. The van der Waals surface area contributed by atoms with E-state index in [9.17, 15) is 4.79 Å². The molecule has 2 aromatic carbocycles. The van der Waals surface area contributed by atoms with Crippen molar-refractivity contribution < 1.29 is 28.8 Å². The molecule has 2 saturated heterocycles. The summed E-state index contributed by atoms with van der Waals surface area (Å²) in [6.45, 7) is 4.52. The van der Waals surface area contributed by atoms with Crippen LogP contribution in [0.15, 0.2) is 60.7 Å². The second-order valence-electron chi connectivity index (χ2n) is 11.6. The predicted octanol–water partition coefficient (Wildman–Crippen LogP) is 6.73. The fourth-order valence-corrected chi connectivity index (χ4v) is 6.56. The molecule has 3 fully saturated rings. The number of aliphatic carboxylic acids is 1. The van der Waals surface area contributed by atoms with E-state index < -0.39 is 5.97 Å². The van der Waals surface area contributed by atoms with E-state index in [0.29, 0.717) is 13.0 Å². The monoisotopic (exact) mass is 597 g/mol. The summed E-state index contributed by atoms with van der Waals surface area (Å²) in [6.07, 6.45) is 10.7. The second kappa shape index (κ2) is 16.0. The first-order chi connectivity index (χ1) is 20.6. The van der Waals surface area contributed by atoms with Crippen molar-refractivity contribution in [3.8, 4) is 11.1 Å². The SMILES string of the molecule is O=C(O)CCCC=CCC1C(OCc2ccc(-c3ccc(Cl)cc3)cc2)CC(OC2CCCCO2)C1N1CCOCC1. The molecule has 1 aliphatic carbocycles. The first-order valence-electron chi connectivity index (χ1n) is 15.5. The van der Waals surface area contributed by atoms with Gasteiger partial charge in [0.25, 0.3) is 0 Å². The number of hydrogen-bond donors (Lipinski definition) is 1. The molecule has 7 nitrogen and oxygen atoms in total. The summed E-state index contributed by atoms with van der Waals surface area (Å²) < 4.78 is 25.1. The van der Waals surface area contributed by atoms with Crippen molar-refractivity contribution in [2.45, 2.75) is 82.5 Å². The average molecular weight is 598 g/mol. The first kappa shape index (κ1) is 31.2. The van der Waals surface area contributed by atoms with Gasteiger partial charge in [0.15, 0.2) is 6.29 Å². The number of ether oxygens (including phenoxy) is 4. The fourth-order valence-electron chi connectivity index (χ4n) is 6.43. The third-order valence-electron chi connectivity index (χ3n) is 8.63. The van der Waals surface area contributed by atoms with Gasteiger partial charge in [0.1, 0.15) is 0 Å². The normalized spacial score (nSPS) is 27.0. The molecule has 0 bridgehead atoms. The molecule has 0 spiro atoms. The van der Waals surface area contributed by atoms with E-state index in [4.69, 9.17) is 35.7 Å². The molecule has 228 valence electrons. The van der Waals surface area contributed by atoms with Crippen molar-refractivity contribution in [1.29, 1.82) is 0 Å². The molecule has 2 heterocycles. The van der Waals surface area contributed by atoms with Gasteiger partial charge in [-0.2, -0.15) is 0 Å². The minimum absolute atomic E-state index is 0.0221. The van der Waals surface area contributed by atoms with Crippen molar-refractivity contribution >= 4 is 17.6 Å². The van der Waals surface area contributed by atoms with Gasteiger partial charge in [-0.25, -0.2) is 0 Å². The number of halogens is 1. The van der Waals surface area contributed by atoms with Crippen LogP contribution in [0.4, 0.5) is 0 Å². The molecule has 5 unspecified atom stereocenters. The third-order valence-corrected chi connectivity index (χ3v) is 8.88. The smallest absolute Gasteiger partial charge is 0.303 e. The Morgan fingerprint density at radius 1 is 0.976 bits per heavy atom. The van der Waals surface area contributed by atoms with Gasteiger partial charge in [-0.1, -0.05) is 60.2 Å². The minimum atomic E-state index is -0.744. The molecule has 5 rings (SSSR count). The maximum absolute atomic E-state index is 10.9. The Balaban J connectivity index is 1.28. The molecule has 1 N–H and O–H groups in total. The van der Waals surface area contributed by atoms with Gasteiger partial charge in [-0.05, 0) is 67.3 Å². The summed E-state index contributed by atoms with van der Waals surface area (Å²) in [5.41, 5.74) is 3.42. The molecule has 0 radical (unpaired) electrons. The Kier molecular flexibility index (Phi) is 11.9. The standard InChI is InChI=1S/C34H44ClNO6/c35-28-16-14-27(15-17-28)26-12-10-25(11-13-26)24-41-30-23-31(42-33-9-5-6-20-40-33)34(36-18-21-39-22-19-36)29(30)7-3-1-2-4-8-32(37)38/h1,3,10-17,29-31,33-34H,2,4-9,18-24H2,(H,37,38). The number of unbranched alkanes of at least 4 members (excludes halogenated alkanes) is 1. The summed E-state index contributed by atoms with van der Waals surface area (Å²) in [7, 11) is 0. The van der Waals surface area contributed by atoms with Gasteiger partial charge in [-0.3, -0.25) is 9.69 Å². The van der Waals surface area contributed by atoms with E-state index in [1.54, 1.807) is 0 Å². The van der Waals surface area contributed by atoms with Crippen LogP contribution in [0, 0.1) is 5.92 Å². The summed E-state index contributed by atoms with van der Waals surface area (Å²) in [6, 6.07) is 16.7. The van der Waals surface area contributed by atoms with Crippen LogP contribution in [0.3, 0.4) is 0 Å². The number of benzene rings is 2. The van der Waals surface area contributed by atoms with E-state index >= 15 is 0 Å². The highest BCUT2D eigenvalue weighted by atomic mass is 35.5. The number of carboxylic acid groups (broad SMARTS) is 1. The lowest BCUT2D eigenvalue weighted by Crippen LogP contribution is -2.51. The molecule has 0 amide bonds. The summed E-state index contributed by atoms with van der Waals surface area (Å²) in [5.74, 6) is -0.494. The molecule has 2 aliphatic heterocycles. The summed E-state index contributed by atoms with van der Waals surface area (Å²) in [5, 5.41) is 9.70. The van der Waals surface area contributed by atoms with Gasteiger partial charge in [0.05, 0.1) is 32.0 Å². The molecule has 5 atom stereocenters. The largest absolute Gasteiger partial charge is 0.481 e. The maximum atomic E-state index is 10.9. The average Bonchev–Trinajstić information content (AvgIpc) is 3.35. The number of allylic oxidation sites excluding steroid dienone is 2. The highest BCUT2D eigenvalue weighted by Crippen LogP contribution is 2.39. The topological polar surface area (TPSA) is 77.5 Å². The predicted molar refractivity (Wildman–Crippen MR) is 163 cm³/mol. The number of morpholine rings is 1. The zero-order valence-electron chi connectivity index (χ0n) is 24.4. The molecule has 8 heteroatoms. The van der Waals surface area contributed by atoms with Crippen LogP contribution in [0.25, 0.3) is 11.1 Å². The zero-order valence-corrected chi connectivity index (χ0v) is 25.1. The first-order valence-corrected chi connectivity index (χ1v) is 15.9. The van der Waals surface area contributed by atoms with Gasteiger partial charge < -0.3 is 24.1 Å². The highest BCUT2D eigenvalue weighted by molar-refractivity contribution is 6.30. The number of carbonyl (C=O) groups is 1. The van der Waals surface area contributed by atoms with Gasteiger partial charge >= 0.3 is 5.97 Å². The molecular weight excluding hydrogens is 554 g/mol. The van der Waals surface area contributed by atoms with Crippen LogP contribution in [0.5, 0.6) is 0 Å². The second-order valence-corrected chi connectivity index (χ2v) is 12.0. The van der Waals surface area contributed by atoms with Crippen LogP contribution >= 0.6 is 11.6 Å². The quantitative estimate of drug-likeness (QED) is 0.203. The lowest BCUT2D eigenvalue weighted by atomic mass is 9.94. The molecule has 3 aliphatic rings. The van der Waals surface area contributed by atoms with E-state index in [1.165, 1.54) is 0 Å². The lowest BCUT2D eigenvalue weighted by Gasteiger charge is -2.39. The fraction of sp³-hybridized carbons (Fsp3) is 0.559. The molecule has 42 heavy (non-hydrogen) atoms. The van der Waals surface area contributed by atoms with E-state index in [1.807, 2.05) is 24.3 Å². The van der Waals surface area contributed by atoms with Crippen LogP contribution in [0.2, 0.25) is 5.02 Å². The maximum Gasteiger partial charge on any atom is 0.303 e. The number of hydrogen-bond acceptors (Lipinski definition) is 6. The third kappa shape index (κ3) is 8.88. The van der Waals surface area contributed by atoms with Crippen LogP contribution in [-0.4, -0.2) is 73.4 Å². The number of carboxylic acids is 1. The van der Waals surface area contributed by atoms with Crippen LogP contribution < -0.4 is 0 Å². The van der Waals surface area contributed by atoms with Gasteiger partial charge in [0, 0.05) is 49.5 Å². The van der Waals surface area contributed by atoms with E-state index in [2.05, 4.69) is 41.3 Å². The number of nitrogens with zero attached hydrogens (tertiary/aromatic N) is 1. The summed E-state index contributed by atoms with van der Waals surface area (Å²) >= 11 is 6.06. The highest BCUT2D eigenvalue weighted by Gasteiger charge is 2.48. The Hall–Kier alpha value is -2.26. The molecule has 2 aromatic rings. The van der Waals surface area contributed by atoms with Crippen LogP contribution in [0.1, 0.15) is 56.9 Å². The van der Waals surface area contributed by atoms with E-state index in [-0.39, 0.29) is 36.9 Å². The lowest BCUT2D eigenvalue weighted by molar-refractivity contribution is -0.200. The molecular formula is C34H44ClNO6. The van der Waals surface area contributed by atoms with Crippen LogP contribution in [-0.2, 0) is 30.3 Å². The Morgan fingerprint density at radius 3 is 2.40 bits per heavy atom. The van der Waals surface area contributed by atoms with E-state index in [0.717, 1.165) is 93.1 Å². The van der Waals surface area contributed by atoms with Gasteiger partial charge in [0.2, 0.25) is 0 Å². The van der Waals surface area contributed by atoms with Gasteiger partial charge in [-0.15, -0.1) is 0 Å². The van der Waals surface area contributed by atoms with Crippen molar-refractivity contribution in [2.24, 2.45) is 5.92 Å². The van der Waals surface area contributed by atoms with Crippen molar-refractivity contribution in [1.82, 2.24) is 4.90 Å². The Labute approximate surface area is 254 Å². The van der Waals surface area contributed by atoms with Crippen molar-refractivity contribution in [3.63, 3.8) is 0 Å². The number of rotatable bonds is 13. The molecule has 1 saturated carbocycles. The summed E-state index contributed by atoms with van der Waals surface area (Å²) in [4.78, 5) is 13.4. The Morgan fingerprint density at radius 2 is 1.71 bits per heavy atom. The molecule has 0 aromatic heterocycles. The van der Waals surface area contributed by atoms with Crippen molar-refractivity contribution in [2.75, 3.05) is 32.9 Å². The van der Waals surface area contributed by atoms with Crippen molar-refractivity contribution in [3.05, 3.63) is 71.3 Å².